The van der Waals surface area contributed by atoms with Crippen molar-refractivity contribution in [3.05, 3.63) is 46.4 Å². The summed E-state index contributed by atoms with van der Waals surface area (Å²) in [5.41, 5.74) is 1.44. The van der Waals surface area contributed by atoms with Crippen molar-refractivity contribution < 1.29 is 17.9 Å². The highest BCUT2D eigenvalue weighted by atomic mass is 79.9. The van der Waals surface area contributed by atoms with Gasteiger partial charge >= 0.3 is 0 Å². The van der Waals surface area contributed by atoms with E-state index in [1.54, 1.807) is 24.3 Å². The highest BCUT2D eigenvalue weighted by molar-refractivity contribution is 9.10. The van der Waals surface area contributed by atoms with E-state index in [4.69, 9.17) is 9.47 Å². The molecule has 0 unspecified atom stereocenters. The zero-order valence-corrected chi connectivity index (χ0v) is 15.5. The molecule has 0 bridgehead atoms. The standard InChI is InChI=1S/C16H18BrNO4S/c1-4-11-9-12(17)5-7-14(11)18-23(19,20)16-10-13(21-2)6-8-15(16)22-3/h5-10,18H,4H2,1-3H3. The fourth-order valence-corrected chi connectivity index (χ4v) is 3.84. The number of methoxy groups -OCH3 is 2. The number of anilines is 1. The minimum atomic E-state index is -3.80. The van der Waals surface area contributed by atoms with Crippen LogP contribution in [0.15, 0.2) is 45.8 Å². The van der Waals surface area contributed by atoms with E-state index < -0.39 is 10.0 Å². The Labute approximate surface area is 144 Å². The summed E-state index contributed by atoms with van der Waals surface area (Å²) in [4.78, 5) is 0.0318. The van der Waals surface area contributed by atoms with Gasteiger partial charge in [-0.2, -0.15) is 0 Å². The highest BCUT2D eigenvalue weighted by Gasteiger charge is 2.21. The largest absolute Gasteiger partial charge is 0.497 e. The fourth-order valence-electron chi connectivity index (χ4n) is 2.15. The summed E-state index contributed by atoms with van der Waals surface area (Å²) in [5.74, 6) is 0.700. The molecule has 124 valence electrons. The molecule has 0 fully saturated rings. The number of hydrogen-bond acceptors (Lipinski definition) is 4. The van der Waals surface area contributed by atoms with Crippen LogP contribution in [0.2, 0.25) is 0 Å². The van der Waals surface area contributed by atoms with Crippen molar-refractivity contribution in [1.82, 2.24) is 0 Å². The Hall–Kier alpha value is -1.73. The summed E-state index contributed by atoms with van der Waals surface area (Å²) >= 11 is 3.39. The maximum atomic E-state index is 12.7. The summed E-state index contributed by atoms with van der Waals surface area (Å²) < 4.78 is 39.3. The Kier molecular flexibility index (Phi) is 5.54. The van der Waals surface area contributed by atoms with Gasteiger partial charge in [0.05, 0.1) is 19.9 Å². The molecule has 0 saturated heterocycles. The Morgan fingerprint density at radius 1 is 1.09 bits per heavy atom. The molecule has 0 atom stereocenters. The molecule has 2 aromatic carbocycles. The van der Waals surface area contributed by atoms with Crippen molar-refractivity contribution in [1.29, 1.82) is 0 Å². The topological polar surface area (TPSA) is 64.6 Å². The number of sulfonamides is 1. The van der Waals surface area contributed by atoms with Crippen molar-refractivity contribution in [2.24, 2.45) is 0 Å². The van der Waals surface area contributed by atoms with Gasteiger partial charge in [0, 0.05) is 10.5 Å². The lowest BCUT2D eigenvalue weighted by molar-refractivity contribution is 0.392. The Balaban J connectivity index is 2.47. The number of hydrogen-bond donors (Lipinski definition) is 1. The summed E-state index contributed by atoms with van der Waals surface area (Å²) in [6.07, 6.45) is 0.701. The van der Waals surface area contributed by atoms with Crippen molar-refractivity contribution in [2.75, 3.05) is 18.9 Å². The predicted octanol–water partition coefficient (Wildman–Crippen LogP) is 3.83. The second kappa shape index (κ2) is 7.23. The lowest BCUT2D eigenvalue weighted by atomic mass is 10.1. The van der Waals surface area contributed by atoms with Crippen LogP contribution in [0.1, 0.15) is 12.5 Å². The quantitative estimate of drug-likeness (QED) is 0.801. The van der Waals surface area contributed by atoms with Gasteiger partial charge in [-0.05, 0) is 42.3 Å². The van der Waals surface area contributed by atoms with Crippen molar-refractivity contribution in [2.45, 2.75) is 18.2 Å². The van der Waals surface area contributed by atoms with Crippen molar-refractivity contribution in [3.63, 3.8) is 0 Å². The SMILES string of the molecule is CCc1cc(Br)ccc1NS(=O)(=O)c1cc(OC)ccc1OC. The molecule has 0 aliphatic heterocycles. The van der Waals surface area contributed by atoms with Gasteiger partial charge < -0.3 is 9.47 Å². The molecule has 5 nitrogen and oxygen atoms in total. The first-order valence-electron chi connectivity index (χ1n) is 6.94. The number of halogens is 1. The number of aryl methyl sites for hydroxylation is 1. The molecule has 1 N–H and O–H groups in total. The molecule has 0 spiro atoms. The average Bonchev–Trinajstić information content (AvgIpc) is 2.55. The van der Waals surface area contributed by atoms with Crippen LogP contribution in [0.3, 0.4) is 0 Å². The zero-order valence-electron chi connectivity index (χ0n) is 13.1. The summed E-state index contributed by atoms with van der Waals surface area (Å²) in [5, 5.41) is 0. The van der Waals surface area contributed by atoms with Crippen LogP contribution >= 0.6 is 15.9 Å². The van der Waals surface area contributed by atoms with Crippen LogP contribution in [0, 0.1) is 0 Å². The molecule has 0 aliphatic rings. The average molecular weight is 400 g/mol. The highest BCUT2D eigenvalue weighted by Crippen LogP contribution is 2.31. The molecule has 2 aromatic rings. The van der Waals surface area contributed by atoms with Crippen molar-refractivity contribution >= 4 is 31.6 Å². The number of rotatable bonds is 6. The third kappa shape index (κ3) is 3.97. The first-order chi connectivity index (χ1) is 10.9. The van der Waals surface area contributed by atoms with Crippen LogP contribution in [0.25, 0.3) is 0 Å². The van der Waals surface area contributed by atoms with Crippen LogP contribution in [0.4, 0.5) is 5.69 Å². The molecule has 23 heavy (non-hydrogen) atoms. The number of ether oxygens (including phenoxy) is 2. The van der Waals surface area contributed by atoms with Gasteiger partial charge in [-0.25, -0.2) is 8.42 Å². The number of benzene rings is 2. The Morgan fingerprint density at radius 2 is 1.83 bits per heavy atom. The summed E-state index contributed by atoms with van der Waals surface area (Å²) in [6.45, 7) is 1.96. The Morgan fingerprint density at radius 3 is 2.43 bits per heavy atom. The second-order valence-corrected chi connectivity index (χ2v) is 7.34. The molecule has 0 saturated carbocycles. The molecular formula is C16H18BrNO4S. The smallest absolute Gasteiger partial charge is 0.265 e. The third-order valence-electron chi connectivity index (χ3n) is 3.35. The molecular weight excluding hydrogens is 382 g/mol. The monoisotopic (exact) mass is 399 g/mol. The molecule has 0 aliphatic carbocycles. The lowest BCUT2D eigenvalue weighted by Crippen LogP contribution is -2.15. The minimum Gasteiger partial charge on any atom is -0.497 e. The molecule has 7 heteroatoms. The molecule has 0 heterocycles. The van der Waals surface area contributed by atoms with Crippen molar-refractivity contribution in [3.8, 4) is 11.5 Å². The normalized spacial score (nSPS) is 11.1. The van der Waals surface area contributed by atoms with E-state index in [-0.39, 0.29) is 10.6 Å². The maximum absolute atomic E-state index is 12.7. The molecule has 2 rings (SSSR count). The summed E-state index contributed by atoms with van der Waals surface area (Å²) in [6, 6.07) is 10.1. The third-order valence-corrected chi connectivity index (χ3v) is 5.23. The van der Waals surface area contributed by atoms with Crippen LogP contribution in [-0.4, -0.2) is 22.6 Å². The van der Waals surface area contributed by atoms with Gasteiger partial charge in [-0.15, -0.1) is 0 Å². The maximum Gasteiger partial charge on any atom is 0.265 e. The van der Waals surface area contributed by atoms with E-state index in [1.807, 2.05) is 13.0 Å². The van der Waals surface area contributed by atoms with E-state index in [1.165, 1.54) is 20.3 Å². The van der Waals surface area contributed by atoms with E-state index in [9.17, 15) is 8.42 Å². The lowest BCUT2D eigenvalue weighted by Gasteiger charge is -2.15. The van der Waals surface area contributed by atoms with E-state index in [2.05, 4.69) is 20.7 Å². The van der Waals surface area contributed by atoms with Crippen LogP contribution in [0.5, 0.6) is 11.5 Å². The number of nitrogens with one attached hydrogen (secondary N) is 1. The second-order valence-electron chi connectivity index (χ2n) is 4.78. The summed E-state index contributed by atoms with van der Waals surface area (Å²) in [7, 11) is -0.894. The van der Waals surface area contributed by atoms with Crippen LogP contribution in [-0.2, 0) is 16.4 Å². The van der Waals surface area contributed by atoms with Gasteiger partial charge in [0.15, 0.2) is 0 Å². The van der Waals surface area contributed by atoms with Gasteiger partial charge in [-0.3, -0.25) is 4.72 Å². The fraction of sp³-hybridized carbons (Fsp3) is 0.250. The molecule has 0 radical (unpaired) electrons. The minimum absolute atomic E-state index is 0.0318. The van der Waals surface area contributed by atoms with Crippen LogP contribution < -0.4 is 14.2 Å². The van der Waals surface area contributed by atoms with Gasteiger partial charge in [0.25, 0.3) is 10.0 Å². The predicted molar refractivity (Wildman–Crippen MR) is 93.9 cm³/mol. The first-order valence-corrected chi connectivity index (χ1v) is 9.22. The van der Waals surface area contributed by atoms with Gasteiger partial charge in [0.1, 0.15) is 16.4 Å². The molecule has 0 aromatic heterocycles. The van der Waals surface area contributed by atoms with Gasteiger partial charge in [0.2, 0.25) is 0 Å². The first kappa shape index (κ1) is 17.6. The molecule has 0 amide bonds. The zero-order chi connectivity index (χ0) is 17.0. The van der Waals surface area contributed by atoms with E-state index in [0.717, 1.165) is 10.0 Å². The van der Waals surface area contributed by atoms with Gasteiger partial charge in [-0.1, -0.05) is 22.9 Å². The van der Waals surface area contributed by atoms with E-state index in [0.29, 0.717) is 17.9 Å². The Bertz CT molecular complexity index is 806. The van der Waals surface area contributed by atoms with E-state index >= 15 is 0 Å².